The second-order valence-corrected chi connectivity index (χ2v) is 8.82. The molecule has 12 nitrogen and oxygen atoms in total. The second-order valence-electron chi connectivity index (χ2n) is 8.07. The standard InChI is InChI=1S/C19H24BrN5O7/c20-13-9(15(22)28)10-14(21)23-19(30)24-16(10)25(13)17-12(27)11(26)8(32-17)6-31-18(29)7-4-2-1-3-5-7/h7-8,11-12,17,26-27H,1-6H2,(H2,22,28)(H3,21,23,24,30)/t8-,11+,12-,17-/m0/s1. The zero-order valence-corrected chi connectivity index (χ0v) is 18.6. The van der Waals surface area contributed by atoms with Gasteiger partial charge in [0.2, 0.25) is 0 Å². The number of ether oxygens (including phenoxy) is 2. The summed E-state index contributed by atoms with van der Waals surface area (Å²) in [6, 6.07) is 0. The largest absolute Gasteiger partial charge is 0.463 e. The van der Waals surface area contributed by atoms with E-state index in [2.05, 4.69) is 25.9 Å². The van der Waals surface area contributed by atoms with E-state index in [1.54, 1.807) is 0 Å². The minimum atomic E-state index is -1.48. The van der Waals surface area contributed by atoms with Crippen LogP contribution >= 0.6 is 15.9 Å². The van der Waals surface area contributed by atoms with Crippen molar-refractivity contribution < 1.29 is 29.3 Å². The van der Waals surface area contributed by atoms with Crippen LogP contribution in [0.4, 0.5) is 5.82 Å². The lowest BCUT2D eigenvalue weighted by molar-refractivity contribution is -0.156. The predicted molar refractivity (Wildman–Crippen MR) is 114 cm³/mol. The number of carbonyl (C=O) groups excluding carboxylic acids is 2. The smallest absolute Gasteiger partial charge is 0.348 e. The molecular formula is C19H24BrN5O7. The van der Waals surface area contributed by atoms with Crippen LogP contribution in [0.15, 0.2) is 9.40 Å². The van der Waals surface area contributed by atoms with E-state index in [1.807, 2.05) is 0 Å². The number of fused-ring (bicyclic) bond motifs is 1. The monoisotopic (exact) mass is 513 g/mol. The van der Waals surface area contributed by atoms with Crippen LogP contribution in [0.2, 0.25) is 0 Å². The molecule has 1 saturated carbocycles. The zero-order valence-electron chi connectivity index (χ0n) is 17.0. The number of nitrogens with one attached hydrogen (secondary N) is 1. The highest BCUT2D eigenvalue weighted by molar-refractivity contribution is 9.10. The average Bonchev–Trinajstić information content (AvgIpc) is 3.20. The van der Waals surface area contributed by atoms with Crippen molar-refractivity contribution in [2.45, 2.75) is 56.6 Å². The van der Waals surface area contributed by atoms with E-state index < -0.39 is 36.1 Å². The molecule has 7 N–H and O–H groups in total. The Labute approximate surface area is 190 Å². The molecule has 174 valence electrons. The number of primary amides is 1. The van der Waals surface area contributed by atoms with Gasteiger partial charge < -0.3 is 31.2 Å². The van der Waals surface area contributed by atoms with Crippen molar-refractivity contribution in [3.63, 3.8) is 0 Å². The normalized spacial score (nSPS) is 26.5. The molecule has 32 heavy (non-hydrogen) atoms. The molecule has 0 aromatic carbocycles. The van der Waals surface area contributed by atoms with Gasteiger partial charge in [0.1, 0.15) is 35.3 Å². The molecule has 1 aliphatic heterocycles. The van der Waals surface area contributed by atoms with Gasteiger partial charge in [0.25, 0.3) is 5.91 Å². The van der Waals surface area contributed by atoms with Crippen molar-refractivity contribution in [2.24, 2.45) is 11.7 Å². The van der Waals surface area contributed by atoms with Crippen LogP contribution in [0.5, 0.6) is 0 Å². The summed E-state index contributed by atoms with van der Waals surface area (Å²) >= 11 is 3.24. The molecule has 2 fully saturated rings. The van der Waals surface area contributed by atoms with Crippen molar-refractivity contribution in [1.29, 1.82) is 0 Å². The Balaban J connectivity index is 1.62. The summed E-state index contributed by atoms with van der Waals surface area (Å²) in [5, 5.41) is 21.2. The van der Waals surface area contributed by atoms with Crippen molar-refractivity contribution in [2.75, 3.05) is 12.3 Å². The number of rotatable bonds is 5. The number of hydrogen-bond donors (Lipinski definition) is 5. The van der Waals surface area contributed by atoms with Gasteiger partial charge in [-0.3, -0.25) is 19.1 Å². The first kappa shape index (κ1) is 22.7. The summed E-state index contributed by atoms with van der Waals surface area (Å²) in [6.07, 6.45) is -0.634. The number of aromatic nitrogens is 3. The fourth-order valence-corrected chi connectivity index (χ4v) is 5.14. The number of aliphatic hydroxyl groups excluding tert-OH is 2. The van der Waals surface area contributed by atoms with Gasteiger partial charge in [0.15, 0.2) is 11.9 Å². The van der Waals surface area contributed by atoms with Crippen molar-refractivity contribution >= 4 is 44.7 Å². The van der Waals surface area contributed by atoms with E-state index in [0.29, 0.717) is 0 Å². The van der Waals surface area contributed by atoms with E-state index in [0.717, 1.165) is 32.1 Å². The number of nitrogens with two attached hydrogens (primary N) is 2. The Morgan fingerprint density at radius 2 is 1.94 bits per heavy atom. The fourth-order valence-electron chi connectivity index (χ4n) is 4.37. The third-order valence-electron chi connectivity index (χ3n) is 6.00. The third kappa shape index (κ3) is 3.89. The van der Waals surface area contributed by atoms with Gasteiger partial charge in [-0.2, -0.15) is 4.98 Å². The summed E-state index contributed by atoms with van der Waals surface area (Å²) in [5.41, 5.74) is 10.4. The van der Waals surface area contributed by atoms with Crippen molar-refractivity contribution in [1.82, 2.24) is 14.5 Å². The Morgan fingerprint density at radius 3 is 2.59 bits per heavy atom. The van der Waals surface area contributed by atoms with Gasteiger partial charge in [0, 0.05) is 0 Å². The molecule has 2 aromatic rings. The molecule has 2 aromatic heterocycles. The molecule has 0 spiro atoms. The van der Waals surface area contributed by atoms with E-state index in [1.165, 1.54) is 4.57 Å². The molecule has 0 radical (unpaired) electrons. The molecule has 3 heterocycles. The Kier molecular flexibility index (Phi) is 6.25. The summed E-state index contributed by atoms with van der Waals surface area (Å²) in [5.74, 6) is -1.53. The van der Waals surface area contributed by atoms with Crippen LogP contribution in [-0.4, -0.2) is 61.5 Å². The lowest BCUT2D eigenvalue weighted by Gasteiger charge is -2.21. The number of halogens is 1. The molecule has 0 unspecified atom stereocenters. The predicted octanol–water partition coefficient (Wildman–Crippen LogP) is -0.0891. The van der Waals surface area contributed by atoms with Crippen LogP contribution in [0.3, 0.4) is 0 Å². The lowest BCUT2D eigenvalue weighted by atomic mass is 9.89. The number of anilines is 1. The number of nitrogens with zero attached hydrogens (tertiary/aromatic N) is 2. The Hall–Kier alpha value is -2.48. The highest BCUT2D eigenvalue weighted by Crippen LogP contribution is 2.39. The minimum absolute atomic E-state index is 0.0642. The number of hydrogen-bond acceptors (Lipinski definition) is 9. The van der Waals surface area contributed by atoms with Crippen LogP contribution in [0.1, 0.15) is 48.7 Å². The Bertz CT molecular complexity index is 1110. The highest BCUT2D eigenvalue weighted by atomic mass is 79.9. The molecule has 4 atom stereocenters. The zero-order chi connectivity index (χ0) is 23.2. The number of nitrogen functional groups attached to an aromatic ring is 1. The van der Waals surface area contributed by atoms with E-state index in [-0.39, 0.29) is 45.5 Å². The molecule has 1 aliphatic carbocycles. The second kappa shape index (κ2) is 8.81. The van der Waals surface area contributed by atoms with Gasteiger partial charge in [-0.15, -0.1) is 0 Å². The lowest BCUT2D eigenvalue weighted by Crippen LogP contribution is -2.35. The summed E-state index contributed by atoms with van der Waals surface area (Å²) < 4.78 is 12.4. The fraction of sp³-hybridized carbons (Fsp3) is 0.579. The van der Waals surface area contributed by atoms with Crippen molar-refractivity contribution in [3.8, 4) is 0 Å². The Morgan fingerprint density at radius 1 is 1.25 bits per heavy atom. The number of carbonyl (C=O) groups is 2. The maximum atomic E-state index is 12.3. The van der Waals surface area contributed by atoms with E-state index in [9.17, 15) is 24.6 Å². The molecule has 13 heteroatoms. The summed E-state index contributed by atoms with van der Waals surface area (Å²) in [7, 11) is 0. The number of H-pyrrole nitrogens is 1. The third-order valence-corrected chi connectivity index (χ3v) is 6.78. The van der Waals surface area contributed by atoms with Crippen LogP contribution in [0.25, 0.3) is 11.0 Å². The quantitative estimate of drug-likeness (QED) is 0.339. The van der Waals surface area contributed by atoms with Gasteiger partial charge in [-0.25, -0.2) is 4.79 Å². The SMILES string of the molecule is NC(=O)c1c(Br)n([C@H]2O[C@@H](COC(=O)C3CCCCC3)[C@@H](O)[C@@H]2O)c2nc(=O)[nH]c(N)c12. The van der Waals surface area contributed by atoms with E-state index in [4.69, 9.17) is 20.9 Å². The number of aliphatic hydroxyl groups is 2. The first-order valence-corrected chi connectivity index (χ1v) is 11.1. The summed E-state index contributed by atoms with van der Waals surface area (Å²) in [6.45, 7) is -0.264. The number of esters is 1. The van der Waals surface area contributed by atoms with Gasteiger partial charge >= 0.3 is 11.7 Å². The molecule has 1 saturated heterocycles. The van der Waals surface area contributed by atoms with Crippen LogP contribution in [-0.2, 0) is 14.3 Å². The average molecular weight is 514 g/mol. The van der Waals surface area contributed by atoms with Gasteiger partial charge in [-0.1, -0.05) is 19.3 Å². The molecular weight excluding hydrogens is 490 g/mol. The first-order valence-electron chi connectivity index (χ1n) is 10.3. The minimum Gasteiger partial charge on any atom is -0.463 e. The first-order chi connectivity index (χ1) is 15.2. The van der Waals surface area contributed by atoms with Gasteiger partial charge in [0.05, 0.1) is 16.9 Å². The molecule has 0 bridgehead atoms. The van der Waals surface area contributed by atoms with Crippen LogP contribution in [0, 0.1) is 5.92 Å². The molecule has 4 rings (SSSR count). The maximum absolute atomic E-state index is 12.3. The molecule has 1 amide bonds. The van der Waals surface area contributed by atoms with Crippen LogP contribution < -0.4 is 17.2 Å². The number of aromatic amines is 1. The number of amides is 1. The van der Waals surface area contributed by atoms with E-state index >= 15 is 0 Å². The summed E-state index contributed by atoms with van der Waals surface area (Å²) in [4.78, 5) is 42.4. The highest BCUT2D eigenvalue weighted by Gasteiger charge is 2.46. The topological polar surface area (TPSA) is 196 Å². The van der Waals surface area contributed by atoms with Crippen molar-refractivity contribution in [3.05, 3.63) is 20.7 Å². The maximum Gasteiger partial charge on any atom is 0.348 e. The molecule has 2 aliphatic rings. The van der Waals surface area contributed by atoms with Gasteiger partial charge in [-0.05, 0) is 28.8 Å².